The van der Waals surface area contributed by atoms with Gasteiger partial charge in [-0.05, 0) is 22.6 Å². The largest absolute Gasteiger partial charge is 0.445 e. The van der Waals surface area contributed by atoms with E-state index in [0.29, 0.717) is 44.8 Å². The molecule has 2 aromatic rings. The Morgan fingerprint density at radius 3 is 2.50 bits per heavy atom. The zero-order valence-corrected chi connectivity index (χ0v) is 16.8. The SMILES string of the molecule is O=C(OCc1ccc(C(F)(F)F)cc1)N1CCN(CC2Cn3cc([N+](=O)[O-])nc3O2)CC1. The molecule has 1 aromatic heterocycles. The van der Waals surface area contributed by atoms with Crippen molar-refractivity contribution in [3.8, 4) is 6.01 Å². The molecule has 1 saturated heterocycles. The van der Waals surface area contributed by atoms with Crippen LogP contribution in [0.5, 0.6) is 6.01 Å². The molecule has 0 spiro atoms. The summed E-state index contributed by atoms with van der Waals surface area (Å²) in [6.45, 7) is 3.01. The molecule has 0 aliphatic carbocycles. The number of imidazole rings is 1. The van der Waals surface area contributed by atoms with Gasteiger partial charge < -0.3 is 24.5 Å². The van der Waals surface area contributed by atoms with Gasteiger partial charge in [-0.3, -0.25) is 9.47 Å². The standard InChI is InChI=1S/C19H20F3N5O5/c20-19(21,22)14-3-1-13(2-4-14)12-31-18(28)25-7-5-24(6-8-25)9-15-10-26-11-16(27(29)30)23-17(26)32-15/h1-4,11,15H,5-10,12H2. The Morgan fingerprint density at radius 1 is 1.22 bits per heavy atom. The van der Waals surface area contributed by atoms with Crippen LogP contribution in [0.2, 0.25) is 0 Å². The number of nitro groups is 1. The molecule has 13 heteroatoms. The summed E-state index contributed by atoms with van der Waals surface area (Å²) in [4.78, 5) is 29.9. The van der Waals surface area contributed by atoms with Gasteiger partial charge in [0, 0.05) is 37.7 Å². The predicted molar refractivity (Wildman–Crippen MR) is 103 cm³/mol. The van der Waals surface area contributed by atoms with E-state index in [2.05, 4.69) is 9.88 Å². The number of benzene rings is 1. The number of fused-ring (bicyclic) bond motifs is 1. The Balaban J connectivity index is 1.19. The summed E-state index contributed by atoms with van der Waals surface area (Å²) in [6.07, 6.45) is -3.76. The third-order valence-corrected chi connectivity index (χ3v) is 5.32. The monoisotopic (exact) mass is 455 g/mol. The van der Waals surface area contributed by atoms with Crippen molar-refractivity contribution in [2.75, 3.05) is 32.7 Å². The van der Waals surface area contributed by atoms with Crippen molar-refractivity contribution in [2.45, 2.75) is 25.4 Å². The maximum atomic E-state index is 12.6. The molecule has 3 heterocycles. The number of alkyl halides is 3. The van der Waals surface area contributed by atoms with Gasteiger partial charge in [-0.2, -0.15) is 13.2 Å². The highest BCUT2D eigenvalue weighted by atomic mass is 19.4. The fourth-order valence-electron chi connectivity index (χ4n) is 3.63. The fourth-order valence-corrected chi connectivity index (χ4v) is 3.63. The molecule has 1 aromatic carbocycles. The summed E-state index contributed by atoms with van der Waals surface area (Å²) in [5.74, 6) is -0.248. The number of nitrogens with zero attached hydrogens (tertiary/aromatic N) is 5. The third kappa shape index (κ3) is 4.93. The van der Waals surface area contributed by atoms with Crippen LogP contribution in [0.4, 0.5) is 23.8 Å². The molecule has 1 fully saturated rings. The first kappa shape index (κ1) is 21.9. The second kappa shape index (κ2) is 8.65. The van der Waals surface area contributed by atoms with Crippen LogP contribution in [0.3, 0.4) is 0 Å². The molecule has 0 saturated carbocycles. The second-order valence-corrected chi connectivity index (χ2v) is 7.57. The van der Waals surface area contributed by atoms with Crippen LogP contribution in [0.1, 0.15) is 11.1 Å². The highest BCUT2D eigenvalue weighted by Gasteiger charge is 2.33. The van der Waals surface area contributed by atoms with E-state index in [-0.39, 0.29) is 24.5 Å². The molecule has 2 aliphatic heterocycles. The molecule has 10 nitrogen and oxygen atoms in total. The number of rotatable bonds is 5. The van der Waals surface area contributed by atoms with Gasteiger partial charge in [0.15, 0.2) is 0 Å². The maximum absolute atomic E-state index is 12.6. The van der Waals surface area contributed by atoms with E-state index >= 15 is 0 Å². The Labute approximate surface area is 180 Å². The van der Waals surface area contributed by atoms with Gasteiger partial charge in [0.2, 0.25) is 0 Å². The van der Waals surface area contributed by atoms with E-state index in [0.717, 1.165) is 12.1 Å². The molecule has 1 atom stereocenters. The first-order chi connectivity index (χ1) is 15.2. The number of carbonyl (C=O) groups excluding carboxylic acids is 1. The molecule has 2 aliphatic rings. The van der Waals surface area contributed by atoms with Crippen LogP contribution in [-0.4, -0.2) is 69.2 Å². The number of halogens is 3. The minimum absolute atomic E-state index is 0.106. The zero-order chi connectivity index (χ0) is 22.9. The highest BCUT2D eigenvalue weighted by Crippen LogP contribution is 2.29. The van der Waals surface area contributed by atoms with Crippen molar-refractivity contribution in [3.63, 3.8) is 0 Å². The van der Waals surface area contributed by atoms with Crippen LogP contribution in [0.25, 0.3) is 0 Å². The normalized spacial score (nSPS) is 18.8. The van der Waals surface area contributed by atoms with Crippen molar-refractivity contribution < 1.29 is 32.4 Å². The number of aromatic nitrogens is 2. The van der Waals surface area contributed by atoms with Gasteiger partial charge in [-0.15, -0.1) is 0 Å². The number of piperazine rings is 1. The van der Waals surface area contributed by atoms with Crippen LogP contribution in [0.15, 0.2) is 30.5 Å². The van der Waals surface area contributed by atoms with Crippen LogP contribution < -0.4 is 4.74 Å². The van der Waals surface area contributed by atoms with Crippen molar-refractivity contribution in [2.24, 2.45) is 0 Å². The topological polar surface area (TPSA) is 103 Å². The molecule has 1 amide bonds. The zero-order valence-electron chi connectivity index (χ0n) is 16.8. The molecule has 172 valence electrons. The summed E-state index contributed by atoms with van der Waals surface area (Å²) in [7, 11) is 0. The summed E-state index contributed by atoms with van der Waals surface area (Å²) in [5, 5.41) is 10.7. The van der Waals surface area contributed by atoms with Gasteiger partial charge in [-0.1, -0.05) is 12.1 Å². The van der Waals surface area contributed by atoms with E-state index in [1.54, 1.807) is 9.47 Å². The summed E-state index contributed by atoms with van der Waals surface area (Å²) < 4.78 is 50.3. The van der Waals surface area contributed by atoms with Gasteiger partial charge in [0.1, 0.15) is 18.9 Å². The Kier molecular flexibility index (Phi) is 5.91. The Morgan fingerprint density at radius 2 is 1.91 bits per heavy atom. The summed E-state index contributed by atoms with van der Waals surface area (Å²) in [5.41, 5.74) is -0.280. The van der Waals surface area contributed by atoms with Crippen molar-refractivity contribution >= 4 is 11.9 Å². The molecule has 0 bridgehead atoms. The molecular formula is C19H20F3N5O5. The van der Waals surface area contributed by atoms with Crippen LogP contribution in [0, 0.1) is 10.1 Å². The number of carbonyl (C=O) groups is 1. The predicted octanol–water partition coefficient (Wildman–Crippen LogP) is 2.53. The Bertz CT molecular complexity index is 963. The van der Waals surface area contributed by atoms with Crippen molar-refractivity contribution in [1.82, 2.24) is 19.4 Å². The lowest BCUT2D eigenvalue weighted by atomic mass is 10.1. The average Bonchev–Trinajstić information content (AvgIpc) is 3.31. The van der Waals surface area contributed by atoms with E-state index < -0.39 is 22.8 Å². The van der Waals surface area contributed by atoms with Gasteiger partial charge >= 0.3 is 24.1 Å². The second-order valence-electron chi connectivity index (χ2n) is 7.57. The first-order valence-corrected chi connectivity index (χ1v) is 9.87. The van der Waals surface area contributed by atoms with Gasteiger partial charge in [0.25, 0.3) is 0 Å². The molecule has 1 unspecified atom stereocenters. The smallest absolute Gasteiger partial charge is 0.416 e. The minimum Gasteiger partial charge on any atom is -0.445 e. The van der Waals surface area contributed by atoms with E-state index in [4.69, 9.17) is 9.47 Å². The van der Waals surface area contributed by atoms with E-state index in [1.807, 2.05) is 0 Å². The first-order valence-electron chi connectivity index (χ1n) is 9.87. The van der Waals surface area contributed by atoms with Crippen molar-refractivity contribution in [3.05, 3.63) is 51.7 Å². The van der Waals surface area contributed by atoms with E-state index in [1.165, 1.54) is 18.3 Å². The lowest BCUT2D eigenvalue weighted by Gasteiger charge is -2.34. The summed E-state index contributed by atoms with van der Waals surface area (Å²) in [6, 6.07) is 4.71. The lowest BCUT2D eigenvalue weighted by molar-refractivity contribution is -0.389. The number of amides is 1. The lowest BCUT2D eigenvalue weighted by Crippen LogP contribution is -2.51. The Hall–Kier alpha value is -3.35. The number of hydrogen-bond acceptors (Lipinski definition) is 7. The fraction of sp³-hybridized carbons (Fsp3) is 0.474. The number of ether oxygens (including phenoxy) is 2. The minimum atomic E-state index is -4.41. The van der Waals surface area contributed by atoms with E-state index in [9.17, 15) is 28.1 Å². The van der Waals surface area contributed by atoms with Crippen LogP contribution in [-0.2, 0) is 24.1 Å². The molecular weight excluding hydrogens is 435 g/mol. The van der Waals surface area contributed by atoms with Crippen LogP contribution >= 0.6 is 0 Å². The molecule has 4 rings (SSSR count). The van der Waals surface area contributed by atoms with Gasteiger partial charge in [0.05, 0.1) is 12.1 Å². The van der Waals surface area contributed by atoms with Crippen molar-refractivity contribution in [1.29, 1.82) is 0 Å². The molecule has 0 N–H and O–H groups in total. The molecule has 0 radical (unpaired) electrons. The average molecular weight is 455 g/mol. The third-order valence-electron chi connectivity index (χ3n) is 5.32. The maximum Gasteiger partial charge on any atom is 0.416 e. The summed E-state index contributed by atoms with van der Waals surface area (Å²) >= 11 is 0. The number of hydrogen-bond donors (Lipinski definition) is 0. The molecule has 32 heavy (non-hydrogen) atoms. The quantitative estimate of drug-likeness (QED) is 0.504. The highest BCUT2D eigenvalue weighted by molar-refractivity contribution is 5.67. The van der Waals surface area contributed by atoms with Gasteiger partial charge in [-0.25, -0.2) is 4.79 Å².